The molecular formula is C14H13FN2O4. The SMILES string of the molecule is COc1ccc(Oc2ccc(F)cc2CN)c([N+](=O)[O-])c1. The number of hydrogen-bond donors (Lipinski definition) is 1. The number of rotatable bonds is 5. The molecule has 0 saturated carbocycles. The highest BCUT2D eigenvalue weighted by molar-refractivity contribution is 5.53. The lowest BCUT2D eigenvalue weighted by Gasteiger charge is -2.11. The first-order chi connectivity index (χ1) is 10.0. The molecule has 7 heteroatoms. The highest BCUT2D eigenvalue weighted by Gasteiger charge is 2.18. The van der Waals surface area contributed by atoms with E-state index in [1.54, 1.807) is 0 Å². The van der Waals surface area contributed by atoms with E-state index in [0.29, 0.717) is 11.3 Å². The first-order valence-electron chi connectivity index (χ1n) is 6.04. The van der Waals surface area contributed by atoms with Crippen molar-refractivity contribution in [2.45, 2.75) is 6.54 Å². The molecule has 0 unspecified atom stereocenters. The predicted molar refractivity (Wildman–Crippen MR) is 74.0 cm³/mol. The molecule has 0 aliphatic carbocycles. The molecule has 0 heterocycles. The van der Waals surface area contributed by atoms with Gasteiger partial charge in [0.15, 0.2) is 0 Å². The van der Waals surface area contributed by atoms with E-state index in [0.717, 1.165) is 0 Å². The first kappa shape index (κ1) is 14.7. The van der Waals surface area contributed by atoms with E-state index in [1.165, 1.54) is 43.5 Å². The number of hydrogen-bond acceptors (Lipinski definition) is 5. The lowest BCUT2D eigenvalue weighted by molar-refractivity contribution is -0.385. The Morgan fingerprint density at radius 3 is 2.57 bits per heavy atom. The first-order valence-corrected chi connectivity index (χ1v) is 6.04. The van der Waals surface area contributed by atoms with Crippen molar-refractivity contribution in [2.75, 3.05) is 7.11 Å². The summed E-state index contributed by atoms with van der Waals surface area (Å²) in [5.41, 5.74) is 5.68. The Bertz CT molecular complexity index is 676. The van der Waals surface area contributed by atoms with E-state index in [2.05, 4.69) is 0 Å². The van der Waals surface area contributed by atoms with Gasteiger partial charge in [-0.25, -0.2) is 4.39 Å². The molecule has 0 fully saturated rings. The summed E-state index contributed by atoms with van der Waals surface area (Å²) in [6.45, 7) is 0.0526. The Balaban J connectivity index is 2.42. The highest BCUT2D eigenvalue weighted by Crippen LogP contribution is 2.35. The molecule has 0 bridgehead atoms. The number of halogens is 1. The number of nitro benzene ring substituents is 1. The van der Waals surface area contributed by atoms with Gasteiger partial charge in [0.05, 0.1) is 18.1 Å². The summed E-state index contributed by atoms with van der Waals surface area (Å²) < 4.78 is 23.6. The smallest absolute Gasteiger partial charge is 0.315 e. The third-order valence-electron chi connectivity index (χ3n) is 2.83. The van der Waals surface area contributed by atoms with Crippen molar-refractivity contribution in [2.24, 2.45) is 5.73 Å². The minimum atomic E-state index is -0.580. The predicted octanol–water partition coefficient (Wildman–Crippen LogP) is 2.99. The van der Waals surface area contributed by atoms with Crippen LogP contribution in [-0.2, 0) is 6.54 Å². The molecule has 0 amide bonds. The number of methoxy groups -OCH3 is 1. The zero-order chi connectivity index (χ0) is 15.4. The lowest BCUT2D eigenvalue weighted by Crippen LogP contribution is -2.01. The molecule has 0 saturated heterocycles. The molecule has 0 aliphatic rings. The highest BCUT2D eigenvalue weighted by atomic mass is 19.1. The van der Waals surface area contributed by atoms with Crippen LogP contribution in [0, 0.1) is 15.9 Å². The standard InChI is InChI=1S/C14H13FN2O4/c1-20-11-3-5-14(12(7-11)17(18)19)21-13-4-2-10(15)6-9(13)8-16/h2-7H,8,16H2,1H3. The average Bonchev–Trinajstić information content (AvgIpc) is 2.49. The van der Waals surface area contributed by atoms with Crippen LogP contribution in [0.5, 0.6) is 17.2 Å². The van der Waals surface area contributed by atoms with Crippen LogP contribution >= 0.6 is 0 Å². The Morgan fingerprint density at radius 1 is 1.24 bits per heavy atom. The lowest BCUT2D eigenvalue weighted by atomic mass is 10.2. The van der Waals surface area contributed by atoms with Gasteiger partial charge >= 0.3 is 5.69 Å². The fraction of sp³-hybridized carbons (Fsp3) is 0.143. The Morgan fingerprint density at radius 2 is 1.95 bits per heavy atom. The second-order valence-electron chi connectivity index (χ2n) is 4.15. The van der Waals surface area contributed by atoms with E-state index in [9.17, 15) is 14.5 Å². The van der Waals surface area contributed by atoms with E-state index in [4.69, 9.17) is 15.2 Å². The van der Waals surface area contributed by atoms with E-state index in [1.807, 2.05) is 0 Å². The maximum atomic E-state index is 13.1. The molecule has 21 heavy (non-hydrogen) atoms. The molecule has 2 rings (SSSR count). The third kappa shape index (κ3) is 3.26. The van der Waals surface area contributed by atoms with Crippen molar-refractivity contribution in [1.82, 2.24) is 0 Å². The number of nitrogens with zero attached hydrogens (tertiary/aromatic N) is 1. The number of nitrogens with two attached hydrogens (primary N) is 1. The average molecular weight is 292 g/mol. The Kier molecular flexibility index (Phi) is 4.34. The quantitative estimate of drug-likeness (QED) is 0.676. The van der Waals surface area contributed by atoms with Gasteiger partial charge in [-0.2, -0.15) is 0 Å². The minimum absolute atomic E-state index is 0.0297. The molecule has 0 aliphatic heterocycles. The van der Waals surface area contributed by atoms with Gasteiger partial charge in [0.1, 0.15) is 17.3 Å². The van der Waals surface area contributed by atoms with Crippen LogP contribution in [0.1, 0.15) is 5.56 Å². The summed E-state index contributed by atoms with van der Waals surface area (Å²) in [4.78, 5) is 10.5. The summed E-state index contributed by atoms with van der Waals surface area (Å²) >= 11 is 0. The topological polar surface area (TPSA) is 87.6 Å². The molecule has 0 atom stereocenters. The fourth-order valence-corrected chi connectivity index (χ4v) is 1.78. The second kappa shape index (κ2) is 6.19. The van der Waals surface area contributed by atoms with Gasteiger partial charge in [0.25, 0.3) is 0 Å². The van der Waals surface area contributed by atoms with Gasteiger partial charge in [-0.3, -0.25) is 10.1 Å². The summed E-state index contributed by atoms with van der Waals surface area (Å²) in [6.07, 6.45) is 0. The third-order valence-corrected chi connectivity index (χ3v) is 2.83. The summed E-state index contributed by atoms with van der Waals surface area (Å²) in [7, 11) is 1.41. The van der Waals surface area contributed by atoms with E-state index in [-0.39, 0.29) is 23.7 Å². The monoisotopic (exact) mass is 292 g/mol. The van der Waals surface area contributed by atoms with Gasteiger partial charge in [0, 0.05) is 12.1 Å². The van der Waals surface area contributed by atoms with Crippen LogP contribution in [0.3, 0.4) is 0 Å². The molecule has 0 aromatic heterocycles. The van der Waals surface area contributed by atoms with Gasteiger partial charge < -0.3 is 15.2 Å². The van der Waals surface area contributed by atoms with Crippen LogP contribution < -0.4 is 15.2 Å². The molecule has 2 aromatic carbocycles. The molecule has 2 aromatic rings. The van der Waals surface area contributed by atoms with E-state index >= 15 is 0 Å². The van der Waals surface area contributed by atoms with Gasteiger partial charge in [-0.15, -0.1) is 0 Å². The molecule has 0 spiro atoms. The van der Waals surface area contributed by atoms with Gasteiger partial charge in [-0.05, 0) is 30.3 Å². The second-order valence-corrected chi connectivity index (χ2v) is 4.15. The number of ether oxygens (including phenoxy) is 2. The largest absolute Gasteiger partial charge is 0.496 e. The van der Waals surface area contributed by atoms with Crippen LogP contribution in [0.25, 0.3) is 0 Å². The van der Waals surface area contributed by atoms with Gasteiger partial charge in [-0.1, -0.05) is 0 Å². The van der Waals surface area contributed by atoms with Crippen LogP contribution in [-0.4, -0.2) is 12.0 Å². The zero-order valence-corrected chi connectivity index (χ0v) is 11.2. The summed E-state index contributed by atoms with van der Waals surface area (Å²) in [5, 5.41) is 11.1. The van der Waals surface area contributed by atoms with Crippen molar-refractivity contribution in [1.29, 1.82) is 0 Å². The van der Waals surface area contributed by atoms with Crippen molar-refractivity contribution >= 4 is 5.69 Å². The fourth-order valence-electron chi connectivity index (χ4n) is 1.78. The van der Waals surface area contributed by atoms with Gasteiger partial charge in [0.2, 0.25) is 5.75 Å². The van der Waals surface area contributed by atoms with Crippen molar-refractivity contribution in [3.63, 3.8) is 0 Å². The van der Waals surface area contributed by atoms with Crippen molar-refractivity contribution in [3.8, 4) is 17.2 Å². The van der Waals surface area contributed by atoms with E-state index < -0.39 is 10.7 Å². The summed E-state index contributed by atoms with van der Waals surface area (Å²) in [5.74, 6) is 0.188. The molecule has 0 radical (unpaired) electrons. The minimum Gasteiger partial charge on any atom is -0.496 e. The molecule has 110 valence electrons. The molecular weight excluding hydrogens is 279 g/mol. The van der Waals surface area contributed by atoms with Crippen molar-refractivity contribution < 1.29 is 18.8 Å². The normalized spacial score (nSPS) is 10.2. The maximum Gasteiger partial charge on any atom is 0.315 e. The van der Waals surface area contributed by atoms with Crippen molar-refractivity contribution in [3.05, 3.63) is 57.9 Å². The Labute approximate surface area is 120 Å². The Hall–Kier alpha value is -2.67. The zero-order valence-electron chi connectivity index (χ0n) is 11.2. The number of nitro groups is 1. The van der Waals surface area contributed by atoms with Crippen LogP contribution in [0.2, 0.25) is 0 Å². The van der Waals surface area contributed by atoms with Crippen LogP contribution in [0.15, 0.2) is 36.4 Å². The molecule has 6 nitrogen and oxygen atoms in total. The maximum absolute atomic E-state index is 13.1. The number of benzene rings is 2. The summed E-state index contributed by atoms with van der Waals surface area (Å²) in [6, 6.07) is 8.01. The molecule has 2 N–H and O–H groups in total. The van der Waals surface area contributed by atoms with Crippen LogP contribution in [0.4, 0.5) is 10.1 Å².